The van der Waals surface area contributed by atoms with Gasteiger partial charge in [0, 0.05) is 11.7 Å². The van der Waals surface area contributed by atoms with Gasteiger partial charge >= 0.3 is 5.97 Å². The van der Waals surface area contributed by atoms with E-state index in [1.165, 1.54) is 16.7 Å². The number of rotatable bonds is 4. The first-order chi connectivity index (χ1) is 11.0. The summed E-state index contributed by atoms with van der Waals surface area (Å²) < 4.78 is 5.29. The molecule has 0 radical (unpaired) electrons. The summed E-state index contributed by atoms with van der Waals surface area (Å²) in [5, 5.41) is 11.5. The number of β-lactam (4-membered cyclic amide) rings is 1. The van der Waals surface area contributed by atoms with Crippen molar-refractivity contribution in [1.82, 2.24) is 10.2 Å². The molecule has 0 aliphatic carbocycles. The molecule has 0 aromatic carbocycles. The molecule has 0 bridgehead atoms. The topological polar surface area (TPSA) is 95.9 Å². The van der Waals surface area contributed by atoms with Gasteiger partial charge in [-0.25, -0.2) is 4.79 Å². The summed E-state index contributed by atoms with van der Waals surface area (Å²) in [5.74, 6) is -1.73. The van der Waals surface area contributed by atoms with Crippen LogP contribution in [0.25, 0.3) is 0 Å². The molecule has 2 unspecified atom stereocenters. The van der Waals surface area contributed by atoms with Gasteiger partial charge in [0.15, 0.2) is 0 Å². The Morgan fingerprint density at radius 2 is 2.30 bits per heavy atom. The quantitative estimate of drug-likeness (QED) is 0.572. The van der Waals surface area contributed by atoms with E-state index >= 15 is 0 Å². The van der Waals surface area contributed by atoms with Crippen LogP contribution >= 0.6 is 11.8 Å². The summed E-state index contributed by atoms with van der Waals surface area (Å²) >= 11 is 1.47. The fourth-order valence-electron chi connectivity index (χ4n) is 2.89. The van der Waals surface area contributed by atoms with Gasteiger partial charge in [-0.3, -0.25) is 14.5 Å². The zero-order valence-corrected chi connectivity index (χ0v) is 13.5. The SMILES string of the molecule is CC1C=C(C(=O)O)N2C(=O)C(NC(=O)CC3=CCCOC3)[C@H]2S1. The predicted molar refractivity (Wildman–Crippen MR) is 83.5 cm³/mol. The van der Waals surface area contributed by atoms with Crippen LogP contribution in [0.1, 0.15) is 19.8 Å². The molecular formula is C15H18N2O5S. The fraction of sp³-hybridized carbons (Fsp3) is 0.533. The van der Waals surface area contributed by atoms with Gasteiger partial charge in [0.1, 0.15) is 17.1 Å². The minimum atomic E-state index is -1.12. The highest BCUT2D eigenvalue weighted by atomic mass is 32.2. The number of carbonyl (C=O) groups excluding carboxylic acids is 2. The molecule has 3 atom stereocenters. The second-order valence-corrected chi connectivity index (χ2v) is 7.22. The molecule has 3 rings (SSSR count). The van der Waals surface area contributed by atoms with Gasteiger partial charge in [0.05, 0.1) is 13.2 Å². The van der Waals surface area contributed by atoms with Crippen molar-refractivity contribution in [1.29, 1.82) is 0 Å². The van der Waals surface area contributed by atoms with Crippen molar-refractivity contribution in [3.05, 3.63) is 23.4 Å². The molecule has 0 spiro atoms. The summed E-state index contributed by atoms with van der Waals surface area (Å²) in [6.07, 6.45) is 4.55. The minimum Gasteiger partial charge on any atom is -0.477 e. The summed E-state index contributed by atoms with van der Waals surface area (Å²) in [6, 6.07) is -0.664. The molecule has 3 aliphatic heterocycles. The fourth-order valence-corrected chi connectivity index (χ4v) is 4.22. The Morgan fingerprint density at radius 1 is 1.52 bits per heavy atom. The number of thioether (sulfide) groups is 1. The third-order valence-electron chi connectivity index (χ3n) is 3.96. The van der Waals surface area contributed by atoms with Gasteiger partial charge in [-0.2, -0.15) is 0 Å². The number of fused-ring (bicyclic) bond motifs is 1. The molecule has 1 saturated heterocycles. The molecule has 1 fully saturated rings. The Bertz CT molecular complexity index is 615. The van der Waals surface area contributed by atoms with Crippen LogP contribution in [0.4, 0.5) is 0 Å². The van der Waals surface area contributed by atoms with Crippen molar-refractivity contribution < 1.29 is 24.2 Å². The van der Waals surface area contributed by atoms with Crippen LogP contribution < -0.4 is 5.32 Å². The second-order valence-electron chi connectivity index (χ2n) is 5.72. The molecular weight excluding hydrogens is 320 g/mol. The van der Waals surface area contributed by atoms with E-state index in [0.717, 1.165) is 12.0 Å². The third-order valence-corrected chi connectivity index (χ3v) is 5.28. The van der Waals surface area contributed by atoms with Crippen LogP contribution in [0.15, 0.2) is 23.4 Å². The van der Waals surface area contributed by atoms with E-state index in [4.69, 9.17) is 4.74 Å². The Kier molecular flexibility index (Phi) is 4.45. The molecule has 0 aromatic heterocycles. The Labute approximate surface area is 137 Å². The third kappa shape index (κ3) is 3.13. The molecule has 8 heteroatoms. The maximum absolute atomic E-state index is 12.2. The lowest BCUT2D eigenvalue weighted by Gasteiger charge is -2.49. The minimum absolute atomic E-state index is 0.000128. The Balaban J connectivity index is 1.63. The van der Waals surface area contributed by atoms with Crippen molar-refractivity contribution in [2.24, 2.45) is 0 Å². The van der Waals surface area contributed by atoms with E-state index in [9.17, 15) is 19.5 Å². The van der Waals surface area contributed by atoms with E-state index in [0.29, 0.717) is 13.2 Å². The lowest BCUT2D eigenvalue weighted by Crippen LogP contribution is -2.70. The Morgan fingerprint density at radius 3 is 2.96 bits per heavy atom. The first-order valence-electron chi connectivity index (χ1n) is 7.46. The summed E-state index contributed by atoms with van der Waals surface area (Å²) in [7, 11) is 0. The molecule has 0 saturated carbocycles. The van der Waals surface area contributed by atoms with Crippen molar-refractivity contribution >= 4 is 29.5 Å². The first-order valence-corrected chi connectivity index (χ1v) is 8.40. The number of hydrogen-bond donors (Lipinski definition) is 2. The number of carbonyl (C=O) groups is 3. The summed E-state index contributed by atoms with van der Waals surface area (Å²) in [6.45, 7) is 2.98. The number of ether oxygens (including phenoxy) is 1. The van der Waals surface area contributed by atoms with Crippen LogP contribution in [0.2, 0.25) is 0 Å². The predicted octanol–water partition coefficient (Wildman–Crippen LogP) is 0.480. The van der Waals surface area contributed by atoms with Gasteiger partial charge in [-0.1, -0.05) is 6.08 Å². The lowest BCUT2D eigenvalue weighted by atomic mass is 10.0. The maximum Gasteiger partial charge on any atom is 0.352 e. The standard InChI is InChI=1S/C15H18N2O5S/c1-8-5-10(15(20)21)17-13(19)12(14(17)23-8)16-11(18)6-9-3-2-4-22-7-9/h3,5,8,12,14H,2,4,6-7H2,1H3,(H,16,18)(H,20,21)/t8?,12?,14-/m1/s1. The van der Waals surface area contributed by atoms with Gasteiger partial charge in [-0.15, -0.1) is 11.8 Å². The molecule has 124 valence electrons. The van der Waals surface area contributed by atoms with Crippen molar-refractivity contribution in [2.45, 2.75) is 36.4 Å². The van der Waals surface area contributed by atoms with Crippen LogP contribution in [0, 0.1) is 0 Å². The largest absolute Gasteiger partial charge is 0.477 e. The first kappa shape index (κ1) is 16.1. The highest BCUT2D eigenvalue weighted by Gasteiger charge is 2.53. The van der Waals surface area contributed by atoms with Crippen molar-refractivity contribution in [2.75, 3.05) is 13.2 Å². The van der Waals surface area contributed by atoms with Gasteiger partial charge in [0.2, 0.25) is 5.91 Å². The number of amides is 2. The number of aliphatic carboxylic acids is 1. The van der Waals surface area contributed by atoms with E-state index in [-0.39, 0.29) is 34.6 Å². The normalized spacial score (nSPS) is 29.9. The van der Waals surface area contributed by atoms with E-state index in [1.54, 1.807) is 6.08 Å². The van der Waals surface area contributed by atoms with E-state index < -0.39 is 12.0 Å². The molecule has 3 heterocycles. The van der Waals surface area contributed by atoms with E-state index in [1.807, 2.05) is 13.0 Å². The smallest absolute Gasteiger partial charge is 0.352 e. The monoisotopic (exact) mass is 338 g/mol. The molecule has 7 nitrogen and oxygen atoms in total. The van der Waals surface area contributed by atoms with Crippen LogP contribution in [-0.4, -0.2) is 57.7 Å². The Hall–Kier alpha value is -1.80. The average Bonchev–Trinajstić information content (AvgIpc) is 2.52. The molecule has 0 aromatic rings. The highest BCUT2D eigenvalue weighted by Crippen LogP contribution is 2.40. The maximum atomic E-state index is 12.2. The van der Waals surface area contributed by atoms with Gasteiger partial charge < -0.3 is 15.2 Å². The zero-order chi connectivity index (χ0) is 16.6. The zero-order valence-electron chi connectivity index (χ0n) is 12.7. The average molecular weight is 338 g/mol. The number of hydrogen-bond acceptors (Lipinski definition) is 5. The van der Waals surface area contributed by atoms with Crippen LogP contribution in [0.3, 0.4) is 0 Å². The molecule has 23 heavy (non-hydrogen) atoms. The van der Waals surface area contributed by atoms with Gasteiger partial charge in [-0.05, 0) is 25.0 Å². The van der Waals surface area contributed by atoms with Crippen LogP contribution in [-0.2, 0) is 19.1 Å². The summed E-state index contributed by atoms with van der Waals surface area (Å²) in [5.41, 5.74) is 0.910. The number of carboxylic acid groups (broad SMARTS) is 1. The highest BCUT2D eigenvalue weighted by molar-refractivity contribution is 8.00. The van der Waals surface area contributed by atoms with Crippen molar-refractivity contribution in [3.63, 3.8) is 0 Å². The molecule has 2 N–H and O–H groups in total. The molecule has 3 aliphatic rings. The second kappa shape index (κ2) is 6.37. The van der Waals surface area contributed by atoms with E-state index in [2.05, 4.69) is 5.32 Å². The number of carboxylic acids is 1. The molecule has 2 amide bonds. The number of nitrogens with one attached hydrogen (secondary N) is 1. The van der Waals surface area contributed by atoms with Crippen LogP contribution in [0.5, 0.6) is 0 Å². The lowest BCUT2D eigenvalue weighted by molar-refractivity contribution is -0.150. The van der Waals surface area contributed by atoms with Gasteiger partial charge in [0.25, 0.3) is 5.91 Å². The van der Waals surface area contributed by atoms with Crippen molar-refractivity contribution in [3.8, 4) is 0 Å². The summed E-state index contributed by atoms with van der Waals surface area (Å²) in [4.78, 5) is 36.8. The number of nitrogens with zero attached hydrogens (tertiary/aromatic N) is 1.